The summed E-state index contributed by atoms with van der Waals surface area (Å²) in [6.07, 6.45) is 9.84. The van der Waals surface area contributed by atoms with E-state index in [9.17, 15) is 0 Å². The van der Waals surface area contributed by atoms with Gasteiger partial charge in [0.05, 0.1) is 13.6 Å². The number of hydrogen-bond acceptors (Lipinski definition) is 0. The molecule has 0 N–H and O–H groups in total. The van der Waals surface area contributed by atoms with E-state index < -0.39 is 0 Å². The molecule has 0 saturated heterocycles. The molecule has 3 heteroatoms. The van der Waals surface area contributed by atoms with Gasteiger partial charge in [-0.25, -0.2) is 9.13 Å². The molecule has 0 aliphatic carbocycles. The summed E-state index contributed by atoms with van der Waals surface area (Å²) in [5.41, 5.74) is 1.37. The molecule has 17 heavy (non-hydrogen) atoms. The Morgan fingerprint density at radius 2 is 1.94 bits per heavy atom. The predicted molar refractivity (Wildman–Crippen MR) is 70.0 cm³/mol. The third kappa shape index (κ3) is 3.90. The number of aryl methyl sites for hydroxylation is 3. The summed E-state index contributed by atoms with van der Waals surface area (Å²) < 4.78 is 4.29. The maximum Gasteiger partial charge on any atom is 0.243 e. The number of hydrogen-bond donors (Lipinski definition) is 0. The molecule has 0 fully saturated rings. The molecule has 1 aromatic heterocycles. The average Bonchev–Trinajstić information content (AvgIpc) is 2.73. The average molecular weight is 250 g/mol. The Hall–Kier alpha value is -1.28. The van der Waals surface area contributed by atoms with E-state index in [1.807, 2.05) is 19.2 Å². The minimum absolute atomic E-state index is 0.814. The number of aromatic nitrogens is 2. The molecule has 0 aliphatic rings. The number of benzene rings is 1. The van der Waals surface area contributed by atoms with Crippen LogP contribution < -0.4 is 4.57 Å². The number of nitrogens with zero attached hydrogens (tertiary/aromatic N) is 2. The van der Waals surface area contributed by atoms with Crippen LogP contribution in [0.4, 0.5) is 0 Å². The van der Waals surface area contributed by atoms with Gasteiger partial charge in [-0.3, -0.25) is 0 Å². The smallest absolute Gasteiger partial charge is 0.240 e. The van der Waals surface area contributed by atoms with E-state index in [1.165, 1.54) is 18.4 Å². The molecule has 1 aromatic carbocycles. The van der Waals surface area contributed by atoms with E-state index >= 15 is 0 Å². The molecule has 0 amide bonds. The molecule has 2 aromatic rings. The van der Waals surface area contributed by atoms with Gasteiger partial charge in [-0.2, -0.15) is 0 Å². The minimum Gasteiger partial charge on any atom is -0.240 e. The summed E-state index contributed by atoms with van der Waals surface area (Å²) in [7, 11) is 2.05. The van der Waals surface area contributed by atoms with E-state index in [0.717, 1.165) is 18.0 Å². The molecule has 2 nitrogen and oxygen atoms in total. The number of rotatable bonds is 5. The van der Waals surface area contributed by atoms with Crippen LogP contribution in [-0.2, 0) is 20.0 Å². The second kappa shape index (κ2) is 5.87. The highest BCUT2D eigenvalue weighted by Crippen LogP contribution is 2.11. The Labute approximate surface area is 107 Å². The van der Waals surface area contributed by atoms with Crippen molar-refractivity contribution < 1.29 is 4.57 Å². The van der Waals surface area contributed by atoms with Crippen LogP contribution in [0.2, 0.25) is 5.02 Å². The zero-order valence-corrected chi connectivity index (χ0v) is 10.9. The fraction of sp³-hybridized carbons (Fsp3) is 0.357. The summed E-state index contributed by atoms with van der Waals surface area (Å²) in [5, 5.41) is 0.814. The van der Waals surface area contributed by atoms with Crippen molar-refractivity contribution in [1.29, 1.82) is 0 Å². The Bertz CT molecular complexity index is 459. The lowest BCUT2D eigenvalue weighted by Gasteiger charge is -2.00. The molecule has 90 valence electrons. The van der Waals surface area contributed by atoms with Crippen molar-refractivity contribution in [3.05, 3.63) is 53.6 Å². The maximum atomic E-state index is 5.85. The third-order valence-electron chi connectivity index (χ3n) is 2.87. The number of unbranched alkanes of at least 4 members (excludes halogenated alkanes) is 1. The largest absolute Gasteiger partial charge is 0.243 e. The SMILES string of the molecule is C[n+]1ccn(CCCCc2ccc(Cl)cc2)c1. The van der Waals surface area contributed by atoms with Gasteiger partial charge in [-0.05, 0) is 37.0 Å². The fourth-order valence-corrected chi connectivity index (χ4v) is 2.03. The van der Waals surface area contributed by atoms with Crippen LogP contribution in [0.3, 0.4) is 0 Å². The van der Waals surface area contributed by atoms with Gasteiger partial charge in [0.2, 0.25) is 6.33 Å². The first-order valence-electron chi connectivity index (χ1n) is 5.99. The van der Waals surface area contributed by atoms with Crippen molar-refractivity contribution in [3.63, 3.8) is 0 Å². The summed E-state index contributed by atoms with van der Waals surface area (Å²) in [6.45, 7) is 1.09. The topological polar surface area (TPSA) is 8.81 Å². The van der Waals surface area contributed by atoms with Gasteiger partial charge in [0.1, 0.15) is 12.4 Å². The van der Waals surface area contributed by atoms with E-state index in [1.54, 1.807) is 0 Å². The van der Waals surface area contributed by atoms with Crippen LogP contribution in [0.15, 0.2) is 43.0 Å². The summed E-state index contributed by atoms with van der Waals surface area (Å²) in [4.78, 5) is 0. The molecule has 0 bridgehead atoms. The van der Waals surface area contributed by atoms with Gasteiger partial charge in [0.25, 0.3) is 0 Å². The molecule has 0 unspecified atom stereocenters. The summed E-state index contributed by atoms with van der Waals surface area (Å²) in [5.74, 6) is 0. The molecule has 1 heterocycles. The first-order chi connectivity index (χ1) is 8.24. The van der Waals surface area contributed by atoms with E-state index in [4.69, 9.17) is 11.6 Å². The van der Waals surface area contributed by atoms with Gasteiger partial charge in [0.15, 0.2) is 0 Å². The highest BCUT2D eigenvalue weighted by molar-refractivity contribution is 6.30. The molecular formula is C14H18ClN2+. The summed E-state index contributed by atoms with van der Waals surface area (Å²) >= 11 is 5.85. The van der Waals surface area contributed by atoms with Crippen LogP contribution in [0.25, 0.3) is 0 Å². The Balaban J connectivity index is 1.71. The van der Waals surface area contributed by atoms with Gasteiger partial charge in [-0.15, -0.1) is 0 Å². The predicted octanol–water partition coefficient (Wildman–Crippen LogP) is 2.99. The number of halogens is 1. The molecule has 0 aliphatic heterocycles. The van der Waals surface area contributed by atoms with Gasteiger partial charge in [-0.1, -0.05) is 23.7 Å². The van der Waals surface area contributed by atoms with Crippen LogP contribution in [0.1, 0.15) is 18.4 Å². The monoisotopic (exact) mass is 249 g/mol. The molecule has 0 spiro atoms. The van der Waals surface area contributed by atoms with Crippen molar-refractivity contribution in [2.24, 2.45) is 7.05 Å². The van der Waals surface area contributed by atoms with Crippen molar-refractivity contribution in [1.82, 2.24) is 4.57 Å². The van der Waals surface area contributed by atoms with E-state index in [-0.39, 0.29) is 0 Å². The second-order valence-electron chi connectivity index (χ2n) is 4.40. The van der Waals surface area contributed by atoms with Crippen molar-refractivity contribution in [3.8, 4) is 0 Å². The van der Waals surface area contributed by atoms with Crippen LogP contribution in [-0.4, -0.2) is 4.57 Å². The van der Waals surface area contributed by atoms with Crippen LogP contribution in [0, 0.1) is 0 Å². The van der Waals surface area contributed by atoms with E-state index in [0.29, 0.717) is 0 Å². The molecule has 0 radical (unpaired) electrons. The summed E-state index contributed by atoms with van der Waals surface area (Å²) in [6, 6.07) is 8.14. The first kappa shape index (κ1) is 12.2. The lowest BCUT2D eigenvalue weighted by atomic mass is 10.1. The lowest BCUT2D eigenvalue weighted by Crippen LogP contribution is -2.23. The lowest BCUT2D eigenvalue weighted by molar-refractivity contribution is -0.671. The van der Waals surface area contributed by atoms with Crippen LogP contribution >= 0.6 is 11.6 Å². The van der Waals surface area contributed by atoms with Crippen molar-refractivity contribution in [2.75, 3.05) is 0 Å². The highest BCUT2D eigenvalue weighted by Gasteiger charge is 1.99. The zero-order valence-electron chi connectivity index (χ0n) is 10.1. The van der Waals surface area contributed by atoms with Crippen molar-refractivity contribution in [2.45, 2.75) is 25.8 Å². The van der Waals surface area contributed by atoms with E-state index in [2.05, 4.69) is 40.0 Å². The molecule has 0 saturated carbocycles. The Morgan fingerprint density at radius 1 is 1.18 bits per heavy atom. The Kier molecular flexibility index (Phi) is 4.21. The Morgan fingerprint density at radius 3 is 2.59 bits per heavy atom. The van der Waals surface area contributed by atoms with Gasteiger partial charge < -0.3 is 0 Å². The first-order valence-corrected chi connectivity index (χ1v) is 6.37. The molecule has 0 atom stereocenters. The van der Waals surface area contributed by atoms with Gasteiger partial charge in [0, 0.05) is 5.02 Å². The second-order valence-corrected chi connectivity index (χ2v) is 4.84. The quantitative estimate of drug-likeness (QED) is 0.569. The maximum absolute atomic E-state index is 5.85. The third-order valence-corrected chi connectivity index (χ3v) is 3.12. The van der Waals surface area contributed by atoms with Crippen LogP contribution in [0.5, 0.6) is 0 Å². The highest BCUT2D eigenvalue weighted by atomic mass is 35.5. The van der Waals surface area contributed by atoms with Crippen molar-refractivity contribution >= 4 is 11.6 Å². The standard InChI is InChI=1S/C14H18ClN2/c1-16-10-11-17(12-16)9-3-2-4-13-5-7-14(15)8-6-13/h5-8,10-12H,2-4,9H2,1H3/q+1. The molecule has 2 rings (SSSR count). The minimum atomic E-state index is 0.814. The number of imidazole rings is 1. The molecular weight excluding hydrogens is 232 g/mol. The van der Waals surface area contributed by atoms with Gasteiger partial charge >= 0.3 is 0 Å². The fourth-order valence-electron chi connectivity index (χ4n) is 1.91. The normalized spacial score (nSPS) is 10.7. The zero-order chi connectivity index (χ0) is 12.1.